The first-order valence-electron chi connectivity index (χ1n) is 7.48. The summed E-state index contributed by atoms with van der Waals surface area (Å²) in [6, 6.07) is 8.29. The maximum atomic E-state index is 10.9. The highest BCUT2D eigenvalue weighted by Crippen LogP contribution is 2.25. The van der Waals surface area contributed by atoms with Crippen LogP contribution in [0.2, 0.25) is 5.15 Å². The van der Waals surface area contributed by atoms with Gasteiger partial charge in [-0.1, -0.05) is 23.7 Å². The number of piperazine rings is 1. The van der Waals surface area contributed by atoms with Crippen molar-refractivity contribution in [2.24, 2.45) is 5.73 Å². The maximum Gasteiger partial charge on any atom is 0.217 e. The van der Waals surface area contributed by atoms with Crippen LogP contribution >= 0.6 is 23.3 Å². The molecule has 1 aliphatic rings. The number of anilines is 2. The van der Waals surface area contributed by atoms with Gasteiger partial charge >= 0.3 is 0 Å². The van der Waals surface area contributed by atoms with Crippen molar-refractivity contribution in [3.63, 3.8) is 0 Å². The molecule has 2 N–H and O–H groups in total. The number of carbonyl (C=O) groups excluding carboxylic acids is 1. The van der Waals surface area contributed by atoms with Crippen LogP contribution in [0.5, 0.6) is 0 Å². The number of aryl methyl sites for hydroxylation is 1. The molecule has 0 saturated carbocycles. The zero-order chi connectivity index (χ0) is 16.2. The molecule has 0 unspecified atom stereocenters. The number of nitrogens with two attached hydrogens (primary N) is 1. The zero-order valence-electron chi connectivity index (χ0n) is 12.6. The second-order valence-electron chi connectivity index (χ2n) is 5.49. The van der Waals surface area contributed by atoms with Gasteiger partial charge in [0.25, 0.3) is 0 Å². The first kappa shape index (κ1) is 16.0. The minimum Gasteiger partial charge on any atom is -0.370 e. The minimum absolute atomic E-state index is 0.266. The van der Waals surface area contributed by atoms with E-state index in [0.717, 1.165) is 49.3 Å². The molecule has 23 heavy (non-hydrogen) atoms. The fourth-order valence-corrected chi connectivity index (χ4v) is 3.49. The topological polar surface area (TPSA) is 75.4 Å². The predicted molar refractivity (Wildman–Crippen MR) is 93.3 cm³/mol. The van der Waals surface area contributed by atoms with Crippen LogP contribution in [0.4, 0.5) is 11.5 Å². The Kier molecular flexibility index (Phi) is 4.97. The highest BCUT2D eigenvalue weighted by molar-refractivity contribution is 6.99. The molecule has 0 bridgehead atoms. The third-order valence-corrected chi connectivity index (χ3v) is 4.82. The van der Waals surface area contributed by atoms with Crippen LogP contribution in [0.1, 0.15) is 12.0 Å². The lowest BCUT2D eigenvalue weighted by molar-refractivity contribution is -0.117. The molecule has 1 fully saturated rings. The molecule has 0 atom stereocenters. The molecule has 2 heterocycles. The fraction of sp³-hybridized carbons (Fsp3) is 0.400. The SMILES string of the molecule is NC(=O)CCc1cccc(N2CCN(c3nsnc3Cl)CC2)c1. The van der Waals surface area contributed by atoms with E-state index in [2.05, 4.69) is 30.7 Å². The summed E-state index contributed by atoms with van der Waals surface area (Å²) in [5.74, 6) is 0.518. The molecule has 0 radical (unpaired) electrons. The highest BCUT2D eigenvalue weighted by atomic mass is 35.5. The Labute approximate surface area is 144 Å². The van der Waals surface area contributed by atoms with Gasteiger partial charge in [-0.25, -0.2) is 0 Å². The number of rotatable bonds is 5. The number of benzene rings is 1. The Bertz CT molecular complexity index is 684. The third kappa shape index (κ3) is 3.92. The molecule has 2 aromatic rings. The van der Waals surface area contributed by atoms with Crippen molar-refractivity contribution in [1.82, 2.24) is 8.75 Å². The maximum absolute atomic E-state index is 10.9. The van der Waals surface area contributed by atoms with Crippen LogP contribution in [-0.2, 0) is 11.2 Å². The monoisotopic (exact) mass is 351 g/mol. The molecule has 0 spiro atoms. The van der Waals surface area contributed by atoms with Crippen LogP contribution in [0.3, 0.4) is 0 Å². The van der Waals surface area contributed by atoms with Crippen LogP contribution in [0, 0.1) is 0 Å². The summed E-state index contributed by atoms with van der Waals surface area (Å²) in [5, 5.41) is 0.483. The summed E-state index contributed by atoms with van der Waals surface area (Å²) in [6.07, 6.45) is 1.07. The van der Waals surface area contributed by atoms with Crippen molar-refractivity contribution in [3.05, 3.63) is 35.0 Å². The molecule has 1 aliphatic heterocycles. The average molecular weight is 352 g/mol. The second kappa shape index (κ2) is 7.14. The van der Waals surface area contributed by atoms with E-state index in [4.69, 9.17) is 17.3 Å². The van der Waals surface area contributed by atoms with Gasteiger partial charge in [-0.3, -0.25) is 4.79 Å². The van der Waals surface area contributed by atoms with Crippen LogP contribution in [0.25, 0.3) is 0 Å². The first-order chi connectivity index (χ1) is 11.1. The lowest BCUT2D eigenvalue weighted by Gasteiger charge is -2.36. The Morgan fingerprint density at radius 3 is 2.61 bits per heavy atom. The lowest BCUT2D eigenvalue weighted by Crippen LogP contribution is -2.46. The Morgan fingerprint density at radius 1 is 1.22 bits per heavy atom. The molecule has 1 aromatic carbocycles. The third-order valence-electron chi connectivity index (χ3n) is 3.95. The number of halogens is 1. The van der Waals surface area contributed by atoms with Gasteiger partial charge in [-0.15, -0.1) is 0 Å². The van der Waals surface area contributed by atoms with E-state index in [1.54, 1.807) is 0 Å². The largest absolute Gasteiger partial charge is 0.370 e. The summed E-state index contributed by atoms with van der Waals surface area (Å²) in [6.45, 7) is 3.51. The highest BCUT2D eigenvalue weighted by Gasteiger charge is 2.21. The van der Waals surface area contributed by atoms with E-state index in [1.807, 2.05) is 12.1 Å². The average Bonchev–Trinajstić information content (AvgIpc) is 2.99. The van der Waals surface area contributed by atoms with Crippen molar-refractivity contribution in [3.8, 4) is 0 Å². The van der Waals surface area contributed by atoms with Gasteiger partial charge in [0.15, 0.2) is 11.0 Å². The fourth-order valence-electron chi connectivity index (χ4n) is 2.71. The molecule has 8 heteroatoms. The number of nitrogens with zero attached hydrogens (tertiary/aromatic N) is 4. The van der Waals surface area contributed by atoms with Gasteiger partial charge in [-0.2, -0.15) is 8.75 Å². The van der Waals surface area contributed by atoms with Crippen molar-refractivity contribution >= 4 is 40.7 Å². The van der Waals surface area contributed by atoms with Gasteiger partial charge in [0.2, 0.25) is 5.91 Å². The number of hydrogen-bond donors (Lipinski definition) is 1. The van der Waals surface area contributed by atoms with Crippen LogP contribution in [-0.4, -0.2) is 40.8 Å². The van der Waals surface area contributed by atoms with Crippen molar-refractivity contribution < 1.29 is 4.79 Å². The number of aromatic nitrogens is 2. The van der Waals surface area contributed by atoms with E-state index < -0.39 is 0 Å². The van der Waals surface area contributed by atoms with Crippen molar-refractivity contribution in [2.75, 3.05) is 36.0 Å². The second-order valence-corrected chi connectivity index (χ2v) is 6.38. The molecule has 3 rings (SSSR count). The van der Waals surface area contributed by atoms with Gasteiger partial charge in [0, 0.05) is 38.3 Å². The van der Waals surface area contributed by atoms with E-state index in [0.29, 0.717) is 18.0 Å². The molecular formula is C15H18ClN5OS. The summed E-state index contributed by atoms with van der Waals surface area (Å²) in [4.78, 5) is 15.4. The van der Waals surface area contributed by atoms with E-state index in [1.165, 1.54) is 5.69 Å². The smallest absolute Gasteiger partial charge is 0.217 e. The van der Waals surface area contributed by atoms with Crippen molar-refractivity contribution in [1.29, 1.82) is 0 Å². The van der Waals surface area contributed by atoms with Crippen molar-refractivity contribution in [2.45, 2.75) is 12.8 Å². The molecule has 1 saturated heterocycles. The Balaban J connectivity index is 1.62. The molecule has 0 aliphatic carbocycles. The lowest BCUT2D eigenvalue weighted by atomic mass is 10.1. The van der Waals surface area contributed by atoms with E-state index in [-0.39, 0.29) is 5.91 Å². The molecule has 6 nitrogen and oxygen atoms in total. The molecule has 1 aromatic heterocycles. The normalized spacial score (nSPS) is 15.0. The first-order valence-corrected chi connectivity index (χ1v) is 8.59. The summed E-state index contributed by atoms with van der Waals surface area (Å²) < 4.78 is 8.27. The summed E-state index contributed by atoms with van der Waals surface area (Å²) >= 11 is 7.19. The number of carbonyl (C=O) groups is 1. The Morgan fingerprint density at radius 2 is 1.96 bits per heavy atom. The van der Waals surface area contributed by atoms with Gasteiger partial charge in [-0.05, 0) is 24.1 Å². The van der Waals surface area contributed by atoms with E-state index in [9.17, 15) is 4.79 Å². The van der Waals surface area contributed by atoms with Gasteiger partial charge in [0.1, 0.15) is 0 Å². The number of hydrogen-bond acceptors (Lipinski definition) is 6. The van der Waals surface area contributed by atoms with Crippen LogP contribution < -0.4 is 15.5 Å². The Hall–Kier alpha value is -1.86. The predicted octanol–water partition coefficient (Wildman–Crippen LogP) is 1.94. The molecular weight excluding hydrogens is 334 g/mol. The number of primary amides is 1. The molecule has 122 valence electrons. The quantitative estimate of drug-likeness (QED) is 0.890. The summed E-state index contributed by atoms with van der Waals surface area (Å²) in [5.41, 5.74) is 7.53. The van der Waals surface area contributed by atoms with Gasteiger partial charge < -0.3 is 15.5 Å². The van der Waals surface area contributed by atoms with Gasteiger partial charge in [0.05, 0.1) is 11.7 Å². The minimum atomic E-state index is -0.266. The number of amides is 1. The van der Waals surface area contributed by atoms with E-state index >= 15 is 0 Å². The zero-order valence-corrected chi connectivity index (χ0v) is 14.2. The van der Waals surface area contributed by atoms with Crippen LogP contribution in [0.15, 0.2) is 24.3 Å². The molecule has 1 amide bonds. The standard InChI is InChI=1S/C15H18ClN5OS/c16-14-15(19-23-18-14)21-8-6-20(7-9-21)12-3-1-2-11(10-12)4-5-13(17)22/h1-3,10H,4-9H2,(H2,17,22). The summed E-state index contributed by atoms with van der Waals surface area (Å²) in [7, 11) is 0.